The topological polar surface area (TPSA) is 96.8 Å². The van der Waals surface area contributed by atoms with Crippen LogP contribution in [0.5, 0.6) is 0 Å². The minimum Gasteiger partial charge on any atom is -0.368 e. The zero-order valence-electron chi connectivity index (χ0n) is 16.0. The third-order valence-corrected chi connectivity index (χ3v) is 3.85. The number of halogens is 1. The number of nitrogens with one attached hydrogen (secondary N) is 3. The molecule has 0 saturated carbocycles. The van der Waals surface area contributed by atoms with E-state index in [1.807, 2.05) is 26.8 Å². The molecular weight excluding hydrogens is 361 g/mol. The van der Waals surface area contributed by atoms with Gasteiger partial charge in [-0.2, -0.15) is 5.10 Å². The van der Waals surface area contributed by atoms with Crippen molar-refractivity contribution in [2.24, 2.45) is 0 Å². The van der Waals surface area contributed by atoms with E-state index in [9.17, 15) is 9.18 Å². The number of nitrogens with zero attached hydrogens (tertiary/aromatic N) is 4. The van der Waals surface area contributed by atoms with Crippen molar-refractivity contribution < 1.29 is 9.18 Å². The number of hydrogen-bond acceptors (Lipinski definition) is 5. The number of urea groups is 1. The maximum atomic E-state index is 13.1. The van der Waals surface area contributed by atoms with Crippen LogP contribution in [0.4, 0.5) is 20.7 Å². The summed E-state index contributed by atoms with van der Waals surface area (Å²) < 4.78 is 14.9. The predicted molar refractivity (Wildman–Crippen MR) is 105 cm³/mol. The molecule has 0 radical (unpaired) electrons. The Morgan fingerprint density at radius 1 is 1.11 bits per heavy atom. The van der Waals surface area contributed by atoms with Gasteiger partial charge in [-0.05, 0) is 45.0 Å². The molecule has 9 heteroatoms. The van der Waals surface area contributed by atoms with Gasteiger partial charge in [0.2, 0.25) is 0 Å². The van der Waals surface area contributed by atoms with Crippen molar-refractivity contribution in [2.75, 3.05) is 23.7 Å². The number of aromatic nitrogens is 4. The summed E-state index contributed by atoms with van der Waals surface area (Å²) in [6, 6.07) is 9.09. The first-order chi connectivity index (χ1) is 13.4. The van der Waals surface area contributed by atoms with E-state index in [0.29, 0.717) is 36.2 Å². The Morgan fingerprint density at radius 3 is 2.64 bits per heavy atom. The van der Waals surface area contributed by atoms with Crippen LogP contribution in [-0.2, 0) is 0 Å². The van der Waals surface area contributed by atoms with Crippen molar-refractivity contribution in [3.63, 3.8) is 0 Å². The summed E-state index contributed by atoms with van der Waals surface area (Å²) in [4.78, 5) is 20.6. The molecule has 3 aromatic rings. The van der Waals surface area contributed by atoms with Crippen LogP contribution in [0.3, 0.4) is 0 Å². The van der Waals surface area contributed by atoms with Crippen LogP contribution in [0.1, 0.15) is 17.2 Å². The number of carbonyl (C=O) groups is 1. The molecule has 28 heavy (non-hydrogen) atoms. The monoisotopic (exact) mass is 383 g/mol. The summed E-state index contributed by atoms with van der Waals surface area (Å²) in [5.41, 5.74) is 2.29. The predicted octanol–water partition coefficient (Wildman–Crippen LogP) is 2.96. The van der Waals surface area contributed by atoms with Crippen LogP contribution >= 0.6 is 0 Å². The molecule has 0 bridgehead atoms. The molecule has 0 aliphatic carbocycles. The molecule has 8 nitrogen and oxygen atoms in total. The zero-order valence-corrected chi connectivity index (χ0v) is 16.0. The van der Waals surface area contributed by atoms with E-state index in [4.69, 9.17) is 0 Å². The number of benzene rings is 1. The van der Waals surface area contributed by atoms with Crippen LogP contribution in [0.15, 0.2) is 36.4 Å². The average molecular weight is 383 g/mol. The van der Waals surface area contributed by atoms with Gasteiger partial charge in [0.1, 0.15) is 17.5 Å². The summed E-state index contributed by atoms with van der Waals surface area (Å²) in [6.45, 7) is 6.52. The first-order valence-electron chi connectivity index (χ1n) is 8.84. The second-order valence-electron chi connectivity index (χ2n) is 6.32. The Kier molecular flexibility index (Phi) is 5.83. The van der Waals surface area contributed by atoms with Gasteiger partial charge in [-0.15, -0.1) is 0 Å². The molecule has 0 saturated heterocycles. The fourth-order valence-corrected chi connectivity index (χ4v) is 2.72. The first kappa shape index (κ1) is 19.3. The Balaban J connectivity index is 1.53. The highest BCUT2D eigenvalue weighted by atomic mass is 19.1. The van der Waals surface area contributed by atoms with Crippen molar-refractivity contribution in [2.45, 2.75) is 20.8 Å². The Hall–Kier alpha value is -3.49. The highest BCUT2D eigenvalue weighted by Crippen LogP contribution is 2.13. The van der Waals surface area contributed by atoms with Gasteiger partial charge in [0.25, 0.3) is 0 Å². The number of hydrogen-bond donors (Lipinski definition) is 3. The SMILES string of the molecule is Cc1cc(C)n(-c2cc(NCCNC(=O)Nc3cccc(F)c3)nc(C)n2)n1. The van der Waals surface area contributed by atoms with E-state index in [-0.39, 0.29) is 0 Å². The van der Waals surface area contributed by atoms with Crippen molar-refractivity contribution >= 4 is 17.5 Å². The normalized spacial score (nSPS) is 10.6. The van der Waals surface area contributed by atoms with Gasteiger partial charge in [-0.3, -0.25) is 0 Å². The van der Waals surface area contributed by atoms with Crippen molar-refractivity contribution in [1.29, 1.82) is 0 Å². The molecule has 0 fully saturated rings. The smallest absolute Gasteiger partial charge is 0.319 e. The lowest BCUT2D eigenvalue weighted by Crippen LogP contribution is -2.32. The number of anilines is 2. The van der Waals surface area contributed by atoms with Gasteiger partial charge in [0.15, 0.2) is 5.82 Å². The minimum absolute atomic E-state index is 0.361. The van der Waals surface area contributed by atoms with Gasteiger partial charge in [0.05, 0.1) is 5.69 Å². The van der Waals surface area contributed by atoms with E-state index < -0.39 is 11.8 Å². The second kappa shape index (κ2) is 8.47. The molecule has 1 aromatic carbocycles. The van der Waals surface area contributed by atoms with Crippen LogP contribution in [0.25, 0.3) is 5.82 Å². The summed E-state index contributed by atoms with van der Waals surface area (Å²) in [5.74, 6) is 1.53. The lowest BCUT2D eigenvalue weighted by atomic mass is 10.3. The maximum Gasteiger partial charge on any atom is 0.319 e. The highest BCUT2D eigenvalue weighted by Gasteiger charge is 2.08. The summed E-state index contributed by atoms with van der Waals surface area (Å²) in [7, 11) is 0. The molecule has 2 amide bonds. The maximum absolute atomic E-state index is 13.1. The van der Waals surface area contributed by atoms with E-state index >= 15 is 0 Å². The standard InChI is InChI=1S/C19H22FN7O/c1-12-9-13(2)27(26-12)18-11-17(23-14(3)24-18)21-7-8-22-19(28)25-16-6-4-5-15(20)10-16/h4-6,9-11H,7-8H2,1-3H3,(H,21,23,24)(H2,22,25,28). The number of rotatable bonds is 6. The van der Waals surface area contributed by atoms with Crippen LogP contribution < -0.4 is 16.0 Å². The van der Waals surface area contributed by atoms with E-state index in [0.717, 1.165) is 11.4 Å². The summed E-state index contributed by atoms with van der Waals surface area (Å²) >= 11 is 0. The Labute approximate surface area is 162 Å². The Morgan fingerprint density at radius 2 is 1.93 bits per heavy atom. The van der Waals surface area contributed by atoms with E-state index in [1.54, 1.807) is 16.8 Å². The quantitative estimate of drug-likeness (QED) is 0.569. The van der Waals surface area contributed by atoms with Gasteiger partial charge < -0.3 is 16.0 Å². The number of aryl methyl sites for hydroxylation is 3. The fraction of sp³-hybridized carbons (Fsp3) is 0.263. The highest BCUT2D eigenvalue weighted by molar-refractivity contribution is 5.89. The molecule has 0 unspecified atom stereocenters. The lowest BCUT2D eigenvalue weighted by molar-refractivity contribution is 0.252. The first-order valence-corrected chi connectivity index (χ1v) is 8.84. The largest absolute Gasteiger partial charge is 0.368 e. The third kappa shape index (κ3) is 5.03. The van der Waals surface area contributed by atoms with Crippen LogP contribution in [0.2, 0.25) is 0 Å². The zero-order chi connectivity index (χ0) is 20.1. The Bertz CT molecular complexity index is 986. The van der Waals surface area contributed by atoms with Gasteiger partial charge in [-0.25, -0.2) is 23.8 Å². The van der Waals surface area contributed by atoms with Gasteiger partial charge >= 0.3 is 6.03 Å². The average Bonchev–Trinajstić information content (AvgIpc) is 2.97. The molecule has 0 atom stereocenters. The number of carbonyl (C=O) groups excluding carboxylic acids is 1. The van der Waals surface area contributed by atoms with Crippen molar-refractivity contribution in [3.05, 3.63) is 59.4 Å². The van der Waals surface area contributed by atoms with Crippen LogP contribution in [-0.4, -0.2) is 38.9 Å². The molecule has 0 aliphatic heterocycles. The molecule has 3 rings (SSSR count). The van der Waals surface area contributed by atoms with Gasteiger partial charge in [-0.1, -0.05) is 6.07 Å². The molecule has 146 valence electrons. The molecular formula is C19H22FN7O. The summed E-state index contributed by atoms with van der Waals surface area (Å²) in [5, 5.41) is 12.9. The molecule has 2 heterocycles. The van der Waals surface area contributed by atoms with Crippen molar-refractivity contribution in [3.8, 4) is 5.82 Å². The number of amides is 2. The van der Waals surface area contributed by atoms with E-state index in [1.165, 1.54) is 18.2 Å². The van der Waals surface area contributed by atoms with E-state index in [2.05, 4.69) is 31.0 Å². The molecule has 0 spiro atoms. The third-order valence-electron chi connectivity index (χ3n) is 3.85. The van der Waals surface area contributed by atoms with Crippen molar-refractivity contribution in [1.82, 2.24) is 25.1 Å². The van der Waals surface area contributed by atoms with Gasteiger partial charge in [0, 0.05) is 30.5 Å². The van der Waals surface area contributed by atoms with Crippen LogP contribution in [0, 0.1) is 26.6 Å². The molecule has 2 aromatic heterocycles. The lowest BCUT2D eigenvalue weighted by Gasteiger charge is -2.11. The molecule has 0 aliphatic rings. The fourth-order valence-electron chi connectivity index (χ4n) is 2.72. The summed E-state index contributed by atoms with van der Waals surface area (Å²) in [6.07, 6.45) is 0. The minimum atomic E-state index is -0.408. The molecule has 3 N–H and O–H groups in total. The second-order valence-corrected chi connectivity index (χ2v) is 6.32.